The minimum Gasteiger partial charge on any atom is -0.478 e. The molecule has 1 atom stereocenters. The van der Waals surface area contributed by atoms with E-state index < -0.39 is 23.9 Å². The molecule has 0 aromatic heterocycles. The van der Waals surface area contributed by atoms with Gasteiger partial charge in [0.1, 0.15) is 6.04 Å². The van der Waals surface area contributed by atoms with Crippen molar-refractivity contribution < 1.29 is 29.7 Å². The summed E-state index contributed by atoms with van der Waals surface area (Å²) in [4.78, 5) is 36.7. The highest BCUT2D eigenvalue weighted by Gasteiger charge is 2.29. The highest BCUT2D eigenvalue weighted by Crippen LogP contribution is 2.25. The molecule has 0 saturated heterocycles. The Morgan fingerprint density at radius 1 is 0.680 bits per heavy atom. The summed E-state index contributed by atoms with van der Waals surface area (Å²) in [5.74, 6) is -3.30. The van der Waals surface area contributed by atoms with Crippen LogP contribution in [0.5, 0.6) is 0 Å². The molecule has 2 heterocycles. The molecule has 0 aliphatic carbocycles. The van der Waals surface area contributed by atoms with Crippen LogP contribution < -0.4 is 15.7 Å². The zero-order valence-corrected chi connectivity index (χ0v) is 27.0. The van der Waals surface area contributed by atoms with Crippen LogP contribution in [0.4, 0.5) is 0 Å². The third-order valence-corrected chi connectivity index (χ3v) is 7.82. The van der Waals surface area contributed by atoms with Gasteiger partial charge in [-0.25, -0.2) is 14.4 Å². The molecular weight excluding hydrogens is 630 g/mol. The highest BCUT2D eigenvalue weighted by molar-refractivity contribution is 6.19. The first kappa shape index (κ1) is 34.4. The molecule has 0 radical (unpaired) electrons. The van der Waals surface area contributed by atoms with Crippen LogP contribution in [0.15, 0.2) is 168 Å². The van der Waals surface area contributed by atoms with Crippen molar-refractivity contribution in [2.75, 3.05) is 0 Å². The number of allylic oxidation sites excluding steroid dienone is 9. The van der Waals surface area contributed by atoms with Crippen molar-refractivity contribution >= 4 is 46.6 Å². The Bertz CT molecular complexity index is 2140. The smallest absolute Gasteiger partial charge is 0.336 e. The lowest BCUT2D eigenvalue weighted by molar-refractivity contribution is -0.131. The van der Waals surface area contributed by atoms with E-state index in [1.807, 2.05) is 6.08 Å². The number of carboxylic acids is 3. The molecular formula is C41H34N3O6+. The van der Waals surface area contributed by atoms with Gasteiger partial charge in [0.05, 0.1) is 33.7 Å². The molecule has 1 unspecified atom stereocenters. The molecule has 5 rings (SSSR count). The van der Waals surface area contributed by atoms with Gasteiger partial charge in [0.25, 0.3) is 6.21 Å². The van der Waals surface area contributed by atoms with Gasteiger partial charge >= 0.3 is 23.6 Å². The van der Waals surface area contributed by atoms with Crippen LogP contribution in [0.25, 0.3) is 16.7 Å². The van der Waals surface area contributed by atoms with E-state index in [1.54, 1.807) is 141 Å². The van der Waals surface area contributed by atoms with Crippen molar-refractivity contribution in [3.05, 3.63) is 184 Å². The summed E-state index contributed by atoms with van der Waals surface area (Å²) in [6.45, 7) is 1.77. The first-order chi connectivity index (χ1) is 24.1. The van der Waals surface area contributed by atoms with Gasteiger partial charge in [-0.3, -0.25) is 0 Å². The predicted octanol–water partition coefficient (Wildman–Crippen LogP) is 5.58. The van der Waals surface area contributed by atoms with Crippen molar-refractivity contribution in [3.63, 3.8) is 0 Å². The molecule has 0 bridgehead atoms. The minimum atomic E-state index is -1.12. The maximum atomic E-state index is 12.4. The molecule has 2 aliphatic rings. The lowest BCUT2D eigenvalue weighted by atomic mass is 9.96. The number of rotatable bonds is 12. The van der Waals surface area contributed by atoms with Gasteiger partial charge in [0.15, 0.2) is 0 Å². The monoisotopic (exact) mass is 664 g/mol. The minimum absolute atomic E-state index is 0.0646. The van der Waals surface area contributed by atoms with E-state index in [1.165, 1.54) is 6.08 Å². The molecule has 9 heteroatoms. The largest absolute Gasteiger partial charge is 0.478 e. The van der Waals surface area contributed by atoms with Crippen LogP contribution in [-0.2, 0) is 14.4 Å². The quantitative estimate of drug-likeness (QED) is 0.0952. The van der Waals surface area contributed by atoms with Gasteiger partial charge in [0.2, 0.25) is 0 Å². The number of nitrogens with one attached hydrogen (secondary N) is 1. The van der Waals surface area contributed by atoms with E-state index >= 15 is 0 Å². The molecule has 0 fully saturated rings. The summed E-state index contributed by atoms with van der Waals surface area (Å²) < 4.78 is 4.56. The predicted molar refractivity (Wildman–Crippen MR) is 197 cm³/mol. The van der Waals surface area contributed by atoms with Gasteiger partial charge in [0, 0.05) is 6.08 Å². The zero-order chi connectivity index (χ0) is 35.6. The van der Waals surface area contributed by atoms with Crippen molar-refractivity contribution in [2.45, 2.75) is 13.0 Å². The number of nitrogens with zero attached hydrogens (tertiary/aromatic N) is 1. The fourth-order valence-electron chi connectivity index (χ4n) is 5.34. The number of nitrogens with two attached hydrogens (primary N) is 1. The van der Waals surface area contributed by atoms with Crippen LogP contribution in [-0.4, -0.2) is 51.2 Å². The van der Waals surface area contributed by atoms with E-state index in [2.05, 4.69) is 9.98 Å². The summed E-state index contributed by atoms with van der Waals surface area (Å²) in [7, 11) is 0. The van der Waals surface area contributed by atoms with Crippen LogP contribution >= 0.6 is 0 Å². The van der Waals surface area contributed by atoms with Crippen molar-refractivity contribution in [1.29, 1.82) is 0 Å². The fourth-order valence-corrected chi connectivity index (χ4v) is 5.34. The van der Waals surface area contributed by atoms with E-state index in [9.17, 15) is 29.7 Å². The molecule has 2 aliphatic heterocycles. The van der Waals surface area contributed by atoms with E-state index in [0.717, 1.165) is 0 Å². The Balaban J connectivity index is 1.55. The highest BCUT2D eigenvalue weighted by atomic mass is 16.4. The third kappa shape index (κ3) is 8.49. The lowest BCUT2D eigenvalue weighted by Gasteiger charge is -2.21. The number of carboxylic acid groups (broad SMARTS) is 3. The summed E-state index contributed by atoms with van der Waals surface area (Å²) >= 11 is 0. The first-order valence-corrected chi connectivity index (χ1v) is 15.6. The Labute approximate surface area is 288 Å². The SMILES string of the molecule is C/C=C(\C=C(/N)C1=CC(/C=C(/C(=O)O)c2ccccc2)=CC(C2=[N+]=CC(/C=C(/C(=O)O)c3ccccc3)=C2)N1)/C=C(/C(=O)O)c1ccccc1. The summed E-state index contributed by atoms with van der Waals surface area (Å²) in [6.07, 6.45) is 14.8. The van der Waals surface area contributed by atoms with E-state index in [-0.39, 0.29) is 22.4 Å². The Hall–Kier alpha value is -6.96. The van der Waals surface area contributed by atoms with E-state index in [4.69, 9.17) is 5.73 Å². The molecule has 3 aromatic rings. The summed E-state index contributed by atoms with van der Waals surface area (Å²) in [5, 5.41) is 33.3. The number of hydrogen-bond acceptors (Lipinski definition) is 5. The average molecular weight is 665 g/mol. The van der Waals surface area contributed by atoms with Crippen molar-refractivity contribution in [1.82, 2.24) is 9.98 Å². The fraction of sp³-hybridized carbons (Fsp3) is 0.0488. The van der Waals surface area contributed by atoms with Crippen LogP contribution in [0.2, 0.25) is 0 Å². The Morgan fingerprint density at radius 3 is 1.64 bits per heavy atom. The van der Waals surface area contributed by atoms with E-state index in [0.29, 0.717) is 44.8 Å². The molecule has 9 nitrogen and oxygen atoms in total. The second-order valence-corrected chi connectivity index (χ2v) is 11.3. The number of dihydropyridines is 1. The van der Waals surface area contributed by atoms with Gasteiger partial charge in [-0.15, -0.1) is 0 Å². The summed E-state index contributed by atoms with van der Waals surface area (Å²) in [5.41, 5.74) is 11.4. The second kappa shape index (κ2) is 15.8. The van der Waals surface area contributed by atoms with Gasteiger partial charge in [-0.2, -0.15) is 0 Å². The number of benzene rings is 3. The molecule has 0 spiro atoms. The molecule has 248 valence electrons. The topological polar surface area (TPSA) is 164 Å². The first-order valence-electron chi connectivity index (χ1n) is 15.6. The van der Waals surface area contributed by atoms with Crippen molar-refractivity contribution in [2.24, 2.45) is 5.73 Å². The van der Waals surface area contributed by atoms with Gasteiger partial charge in [-0.05, 0) is 71.2 Å². The molecule has 50 heavy (non-hydrogen) atoms. The lowest BCUT2D eigenvalue weighted by Crippen LogP contribution is -2.38. The molecule has 6 N–H and O–H groups in total. The van der Waals surface area contributed by atoms with Crippen LogP contribution in [0.1, 0.15) is 23.6 Å². The maximum absolute atomic E-state index is 12.4. The Kier molecular flexibility index (Phi) is 10.8. The van der Waals surface area contributed by atoms with Crippen LogP contribution in [0.3, 0.4) is 0 Å². The number of hydrogen-bond donors (Lipinski definition) is 5. The zero-order valence-electron chi connectivity index (χ0n) is 27.0. The molecule has 0 amide bonds. The third-order valence-electron chi connectivity index (χ3n) is 7.82. The van der Waals surface area contributed by atoms with Gasteiger partial charge in [-0.1, -0.05) is 102 Å². The van der Waals surface area contributed by atoms with Gasteiger partial charge < -0.3 is 26.4 Å². The molecule has 0 saturated carbocycles. The maximum Gasteiger partial charge on any atom is 0.336 e. The van der Waals surface area contributed by atoms with Crippen LogP contribution in [0, 0.1) is 0 Å². The molecule has 3 aromatic carbocycles. The number of aliphatic carboxylic acids is 3. The Morgan fingerprint density at radius 2 is 1.16 bits per heavy atom. The number of carbonyl (C=O) groups is 3. The van der Waals surface area contributed by atoms with Crippen molar-refractivity contribution in [3.8, 4) is 0 Å². The second-order valence-electron chi connectivity index (χ2n) is 11.3. The standard InChI is InChI=1S/C41H33N3O6/c1-2-26(18-32(39(45)46)29-12-6-3-7-13-29)21-35(42)36-22-27(19-33(40(47)48)30-14-8-4-9-15-30)23-38(44-36)37-24-28(25-43-37)20-34(41(49)50)31-16-10-5-11-17-31/h2-25,38,44H,42H2,1H3,(H2-,45,46,47,48,49,50)/p+1/b26-2-,32-18+,33-19+,34-20+,35-21-. The normalized spacial score (nSPS) is 16.9. The summed E-state index contributed by atoms with van der Waals surface area (Å²) in [6, 6.07) is 25.6. The average Bonchev–Trinajstić information content (AvgIpc) is 3.60.